The van der Waals surface area contributed by atoms with Gasteiger partial charge in [0.2, 0.25) is 0 Å². The van der Waals surface area contributed by atoms with E-state index >= 15 is 0 Å². The van der Waals surface area contributed by atoms with E-state index in [0.29, 0.717) is 17.1 Å². The number of rotatable bonds is 4. The maximum absolute atomic E-state index is 12.1. The van der Waals surface area contributed by atoms with E-state index in [1.54, 1.807) is 11.8 Å². The first kappa shape index (κ1) is 17.9. The highest BCUT2D eigenvalue weighted by Crippen LogP contribution is 2.34. The molecule has 2 heterocycles. The second-order valence-corrected chi connectivity index (χ2v) is 7.61. The van der Waals surface area contributed by atoms with Crippen molar-refractivity contribution in [1.29, 1.82) is 0 Å². The molecule has 0 aliphatic carbocycles. The molecule has 0 atom stereocenters. The van der Waals surface area contributed by atoms with Crippen LogP contribution in [0.3, 0.4) is 0 Å². The molecule has 0 unspecified atom stereocenters. The van der Waals surface area contributed by atoms with Crippen molar-refractivity contribution in [2.24, 2.45) is 10.7 Å². The van der Waals surface area contributed by atoms with Crippen LogP contribution in [0.15, 0.2) is 75.7 Å². The van der Waals surface area contributed by atoms with Gasteiger partial charge in [0.05, 0.1) is 10.7 Å². The number of hydrogen-bond acceptors (Lipinski definition) is 5. The Morgan fingerprint density at radius 1 is 1.04 bits per heavy atom. The van der Waals surface area contributed by atoms with Gasteiger partial charge in [-0.2, -0.15) is 0 Å². The van der Waals surface area contributed by atoms with Crippen molar-refractivity contribution < 1.29 is 4.79 Å². The Kier molecular flexibility index (Phi) is 5.07. The third-order valence-electron chi connectivity index (χ3n) is 4.35. The Bertz CT molecular complexity index is 1060. The minimum atomic E-state index is 0.0231. The molecule has 2 aromatic carbocycles. The van der Waals surface area contributed by atoms with Crippen LogP contribution >= 0.6 is 23.4 Å². The van der Waals surface area contributed by atoms with Crippen molar-refractivity contribution in [1.82, 2.24) is 4.98 Å². The lowest BCUT2D eigenvalue weighted by molar-refractivity contribution is 0.1000. The number of nitrogens with two attached hydrogens (primary N) is 1. The molecule has 27 heavy (non-hydrogen) atoms. The fourth-order valence-electron chi connectivity index (χ4n) is 3.00. The number of carbonyl (C=O) groups excluding carboxylic acids is 1. The number of fused-ring (bicyclic) bond motifs is 1. The summed E-state index contributed by atoms with van der Waals surface area (Å²) in [5, 5.41) is 0.712. The van der Waals surface area contributed by atoms with E-state index in [-0.39, 0.29) is 12.3 Å². The SMILES string of the molecule is NCC1=NCC(=O)c2ccc(-c3cncc(Sc4ccccc4Cl)c3)cc21. The fourth-order valence-corrected chi connectivity index (χ4v) is 4.12. The van der Waals surface area contributed by atoms with E-state index in [1.165, 1.54) is 0 Å². The predicted octanol–water partition coefficient (Wildman–Crippen LogP) is 4.50. The number of aromatic nitrogens is 1. The van der Waals surface area contributed by atoms with E-state index < -0.39 is 0 Å². The summed E-state index contributed by atoms with van der Waals surface area (Å²) < 4.78 is 0. The lowest BCUT2D eigenvalue weighted by Gasteiger charge is -2.16. The molecule has 2 N–H and O–H groups in total. The molecular weight excluding hydrogens is 378 g/mol. The number of aliphatic imine (C=N–C) groups is 1. The number of benzene rings is 2. The summed E-state index contributed by atoms with van der Waals surface area (Å²) in [6, 6.07) is 15.5. The van der Waals surface area contributed by atoms with Gasteiger partial charge in [0.1, 0.15) is 6.54 Å². The molecule has 0 saturated heterocycles. The predicted molar refractivity (Wildman–Crippen MR) is 110 cm³/mol. The summed E-state index contributed by atoms with van der Waals surface area (Å²) in [6.45, 7) is 0.481. The zero-order valence-electron chi connectivity index (χ0n) is 14.4. The van der Waals surface area contributed by atoms with Crippen molar-refractivity contribution >= 4 is 34.9 Å². The van der Waals surface area contributed by atoms with Crippen LogP contribution in [0.1, 0.15) is 15.9 Å². The Morgan fingerprint density at radius 3 is 2.70 bits per heavy atom. The number of hydrogen-bond donors (Lipinski definition) is 1. The topological polar surface area (TPSA) is 68.3 Å². The second kappa shape index (κ2) is 7.64. The minimum Gasteiger partial charge on any atom is -0.325 e. The van der Waals surface area contributed by atoms with Crippen LogP contribution in [-0.2, 0) is 0 Å². The van der Waals surface area contributed by atoms with Crippen LogP contribution in [0.25, 0.3) is 11.1 Å². The molecule has 0 spiro atoms. The second-order valence-electron chi connectivity index (χ2n) is 6.09. The third-order valence-corrected chi connectivity index (χ3v) is 5.83. The highest BCUT2D eigenvalue weighted by molar-refractivity contribution is 7.99. The van der Waals surface area contributed by atoms with Crippen LogP contribution < -0.4 is 5.73 Å². The van der Waals surface area contributed by atoms with Gasteiger partial charge in [-0.05, 0) is 29.8 Å². The molecule has 4 nitrogen and oxygen atoms in total. The van der Waals surface area contributed by atoms with Crippen LogP contribution in [0.4, 0.5) is 0 Å². The summed E-state index contributed by atoms with van der Waals surface area (Å²) in [4.78, 5) is 22.7. The summed E-state index contributed by atoms with van der Waals surface area (Å²) in [7, 11) is 0. The van der Waals surface area contributed by atoms with Gasteiger partial charge in [0.15, 0.2) is 5.78 Å². The van der Waals surface area contributed by atoms with Crippen LogP contribution in [0.2, 0.25) is 5.02 Å². The number of ketones is 1. The van der Waals surface area contributed by atoms with Crippen molar-refractivity contribution in [3.8, 4) is 11.1 Å². The first-order valence-electron chi connectivity index (χ1n) is 8.44. The largest absolute Gasteiger partial charge is 0.325 e. The zero-order valence-corrected chi connectivity index (χ0v) is 15.9. The Labute approximate surface area is 166 Å². The minimum absolute atomic E-state index is 0.0231. The molecule has 0 bridgehead atoms. The molecule has 0 fully saturated rings. The van der Waals surface area contributed by atoms with E-state index in [2.05, 4.69) is 16.0 Å². The molecule has 1 aliphatic heterocycles. The average molecular weight is 394 g/mol. The number of Topliss-reactive ketones (excluding diaryl/α,β-unsaturated/α-hetero) is 1. The first-order valence-corrected chi connectivity index (χ1v) is 9.64. The van der Waals surface area contributed by atoms with Crippen LogP contribution in [-0.4, -0.2) is 29.6 Å². The maximum atomic E-state index is 12.1. The summed E-state index contributed by atoms with van der Waals surface area (Å²) in [5.74, 6) is 0.0231. The number of carbonyl (C=O) groups is 1. The van der Waals surface area contributed by atoms with Gasteiger partial charge in [0.25, 0.3) is 0 Å². The number of pyridine rings is 1. The molecule has 1 aromatic heterocycles. The Hall–Kier alpha value is -2.47. The Balaban J connectivity index is 1.70. The highest BCUT2D eigenvalue weighted by Gasteiger charge is 2.20. The van der Waals surface area contributed by atoms with E-state index in [1.807, 2.05) is 54.9 Å². The van der Waals surface area contributed by atoms with Crippen molar-refractivity contribution in [3.05, 3.63) is 77.1 Å². The normalized spacial score (nSPS) is 13.3. The van der Waals surface area contributed by atoms with Gasteiger partial charge in [0, 0.05) is 45.4 Å². The molecule has 134 valence electrons. The van der Waals surface area contributed by atoms with Gasteiger partial charge >= 0.3 is 0 Å². The van der Waals surface area contributed by atoms with Gasteiger partial charge < -0.3 is 5.73 Å². The summed E-state index contributed by atoms with van der Waals surface area (Å²) in [5.41, 5.74) is 10.0. The average Bonchev–Trinajstić information content (AvgIpc) is 2.70. The molecule has 0 saturated carbocycles. The standard InChI is InChI=1S/C21H16ClN3OS/c22-18-3-1-2-4-21(18)27-15-7-14(10-24-11-15)13-5-6-16-17(8-13)19(9-23)25-12-20(16)26/h1-8,10-11H,9,12,23H2. The summed E-state index contributed by atoms with van der Waals surface area (Å²) in [6.07, 6.45) is 3.62. The monoisotopic (exact) mass is 393 g/mol. The first-order chi connectivity index (χ1) is 13.2. The fraction of sp³-hybridized carbons (Fsp3) is 0.0952. The van der Waals surface area contributed by atoms with Crippen molar-refractivity contribution in [2.45, 2.75) is 9.79 Å². The molecule has 1 aliphatic rings. The third kappa shape index (κ3) is 3.67. The molecular formula is C21H16ClN3OS. The van der Waals surface area contributed by atoms with Crippen LogP contribution in [0.5, 0.6) is 0 Å². The molecule has 0 radical (unpaired) electrons. The van der Waals surface area contributed by atoms with Gasteiger partial charge in [-0.1, -0.05) is 47.6 Å². The number of nitrogens with zero attached hydrogens (tertiary/aromatic N) is 2. The van der Waals surface area contributed by atoms with Gasteiger partial charge in [-0.15, -0.1) is 0 Å². The van der Waals surface area contributed by atoms with Crippen LogP contribution in [0, 0.1) is 0 Å². The van der Waals surface area contributed by atoms with Crippen molar-refractivity contribution in [2.75, 3.05) is 13.1 Å². The smallest absolute Gasteiger partial charge is 0.184 e. The zero-order chi connectivity index (χ0) is 18.8. The Morgan fingerprint density at radius 2 is 1.89 bits per heavy atom. The van der Waals surface area contributed by atoms with E-state index in [0.717, 1.165) is 32.2 Å². The van der Waals surface area contributed by atoms with E-state index in [9.17, 15) is 4.79 Å². The van der Waals surface area contributed by atoms with Gasteiger partial charge in [-0.3, -0.25) is 14.8 Å². The van der Waals surface area contributed by atoms with Crippen molar-refractivity contribution in [3.63, 3.8) is 0 Å². The maximum Gasteiger partial charge on any atom is 0.184 e. The van der Waals surface area contributed by atoms with Gasteiger partial charge in [-0.25, -0.2) is 0 Å². The number of halogens is 1. The molecule has 0 amide bonds. The molecule has 4 rings (SSSR count). The quantitative estimate of drug-likeness (QED) is 0.708. The highest BCUT2D eigenvalue weighted by atomic mass is 35.5. The van der Waals surface area contributed by atoms with E-state index in [4.69, 9.17) is 17.3 Å². The molecule has 6 heteroatoms. The lowest BCUT2D eigenvalue weighted by atomic mass is 9.93. The molecule has 3 aromatic rings. The lowest BCUT2D eigenvalue weighted by Crippen LogP contribution is -2.24. The summed E-state index contributed by atoms with van der Waals surface area (Å²) >= 11 is 7.82.